The highest BCUT2D eigenvalue weighted by Gasteiger charge is 2.34. The molecule has 4 N–H and O–H groups in total. The molecule has 156 valence electrons. The van der Waals surface area contributed by atoms with Gasteiger partial charge in [-0.2, -0.15) is 0 Å². The first-order chi connectivity index (χ1) is 13.7. The summed E-state index contributed by atoms with van der Waals surface area (Å²) in [5, 5.41) is 17.0. The molecule has 29 heavy (non-hydrogen) atoms. The number of carbonyl (C=O) groups excluding carboxylic acids is 1. The average Bonchev–Trinajstić information content (AvgIpc) is 2.68. The lowest BCUT2D eigenvalue weighted by atomic mass is 10.2. The number of hydrogen-bond acceptors (Lipinski definition) is 5. The van der Waals surface area contributed by atoms with Crippen molar-refractivity contribution in [3.8, 4) is 5.75 Å². The van der Waals surface area contributed by atoms with E-state index in [1.54, 1.807) is 0 Å². The summed E-state index contributed by atoms with van der Waals surface area (Å²) < 4.78 is 39.4. The molecule has 0 bridgehead atoms. The van der Waals surface area contributed by atoms with Crippen LogP contribution in [0.4, 0.5) is 20.6 Å². The van der Waals surface area contributed by atoms with Crippen molar-refractivity contribution in [2.45, 2.75) is 23.0 Å². The van der Waals surface area contributed by atoms with Gasteiger partial charge in [0.25, 0.3) is 0 Å². The van der Waals surface area contributed by atoms with Crippen molar-refractivity contribution in [1.29, 1.82) is 0 Å². The van der Waals surface area contributed by atoms with E-state index in [0.717, 1.165) is 12.6 Å². The summed E-state index contributed by atoms with van der Waals surface area (Å²) in [7, 11) is -3.94. The van der Waals surface area contributed by atoms with Crippen LogP contribution in [0.5, 0.6) is 5.75 Å². The molecule has 2 aromatic carbocycles. The Morgan fingerprint density at radius 1 is 1.17 bits per heavy atom. The standard InChI is InChI=1S/C18H18Cl2FN3O4S/c19-11-6-7-14(24-18(26)23-13-5-1-4-12(21)15(13)20)16(25)17(11)29(27,28)10-3-2-8-22-9-10/h1,4-7,10,22,25H,2-3,8-9H2,(H2,23,24,26)/t10-/m0/s1. The van der Waals surface area contributed by atoms with Gasteiger partial charge in [0.15, 0.2) is 15.6 Å². The second-order valence-electron chi connectivity index (χ2n) is 6.47. The van der Waals surface area contributed by atoms with E-state index in [0.29, 0.717) is 12.8 Å². The zero-order valence-electron chi connectivity index (χ0n) is 15.0. The van der Waals surface area contributed by atoms with E-state index in [2.05, 4.69) is 16.0 Å². The van der Waals surface area contributed by atoms with Gasteiger partial charge in [-0.25, -0.2) is 17.6 Å². The topological polar surface area (TPSA) is 108 Å². The van der Waals surface area contributed by atoms with E-state index in [4.69, 9.17) is 23.2 Å². The maximum atomic E-state index is 13.5. The maximum absolute atomic E-state index is 13.5. The number of amides is 2. The Morgan fingerprint density at radius 2 is 1.90 bits per heavy atom. The highest BCUT2D eigenvalue weighted by atomic mass is 35.5. The predicted octanol–water partition coefficient (Wildman–Crippen LogP) is 4.01. The number of rotatable bonds is 4. The number of halogens is 3. The summed E-state index contributed by atoms with van der Waals surface area (Å²) in [4.78, 5) is 11.8. The van der Waals surface area contributed by atoms with Crippen molar-refractivity contribution in [2.24, 2.45) is 0 Å². The molecule has 1 fully saturated rings. The minimum absolute atomic E-state index is 0.0127. The Bertz CT molecular complexity index is 1040. The number of hydrogen-bond donors (Lipinski definition) is 4. The van der Waals surface area contributed by atoms with Gasteiger partial charge in [0, 0.05) is 6.54 Å². The Kier molecular flexibility index (Phi) is 6.52. The molecule has 1 saturated heterocycles. The minimum Gasteiger partial charge on any atom is -0.504 e. The number of nitrogens with one attached hydrogen (secondary N) is 3. The SMILES string of the molecule is O=C(Nc1ccc(Cl)c(S(=O)(=O)[C@H]2CCCNC2)c1O)Nc1cccc(F)c1Cl. The van der Waals surface area contributed by atoms with E-state index in [-0.39, 0.29) is 28.0 Å². The Morgan fingerprint density at radius 3 is 2.59 bits per heavy atom. The van der Waals surface area contributed by atoms with Crippen molar-refractivity contribution < 1.29 is 22.7 Å². The van der Waals surface area contributed by atoms with Crippen LogP contribution < -0.4 is 16.0 Å². The average molecular weight is 462 g/mol. The van der Waals surface area contributed by atoms with E-state index in [1.807, 2.05) is 0 Å². The van der Waals surface area contributed by atoms with Gasteiger partial charge in [-0.1, -0.05) is 29.3 Å². The van der Waals surface area contributed by atoms with E-state index in [9.17, 15) is 22.7 Å². The van der Waals surface area contributed by atoms with Crippen LogP contribution in [0.1, 0.15) is 12.8 Å². The van der Waals surface area contributed by atoms with E-state index < -0.39 is 37.6 Å². The maximum Gasteiger partial charge on any atom is 0.323 e. The van der Waals surface area contributed by atoms with Crippen LogP contribution in [0, 0.1) is 5.82 Å². The van der Waals surface area contributed by atoms with Gasteiger partial charge >= 0.3 is 6.03 Å². The number of piperidine rings is 1. The summed E-state index contributed by atoms with van der Waals surface area (Å²) in [6.07, 6.45) is 1.11. The second kappa shape index (κ2) is 8.74. The fourth-order valence-electron chi connectivity index (χ4n) is 3.05. The van der Waals surface area contributed by atoms with E-state index in [1.165, 1.54) is 24.3 Å². The highest BCUT2D eigenvalue weighted by molar-refractivity contribution is 7.92. The fourth-order valence-corrected chi connectivity index (χ4v) is 5.56. The number of phenols is 1. The largest absolute Gasteiger partial charge is 0.504 e. The number of urea groups is 1. The number of phenolic OH excluding ortho intramolecular Hbond substituents is 1. The summed E-state index contributed by atoms with van der Waals surface area (Å²) in [6.45, 7) is 0.963. The van der Waals surface area contributed by atoms with Crippen molar-refractivity contribution in [2.75, 3.05) is 23.7 Å². The smallest absolute Gasteiger partial charge is 0.323 e. The molecule has 0 aliphatic carbocycles. The summed E-state index contributed by atoms with van der Waals surface area (Å²) >= 11 is 11.9. The molecule has 1 heterocycles. The minimum atomic E-state index is -3.94. The first-order valence-electron chi connectivity index (χ1n) is 8.70. The molecule has 2 aromatic rings. The third kappa shape index (κ3) is 4.58. The molecular weight excluding hydrogens is 444 g/mol. The highest BCUT2D eigenvalue weighted by Crippen LogP contribution is 2.39. The van der Waals surface area contributed by atoms with Gasteiger partial charge in [0.2, 0.25) is 0 Å². The van der Waals surface area contributed by atoms with Crippen LogP contribution in [0.25, 0.3) is 0 Å². The number of anilines is 2. The lowest BCUT2D eigenvalue weighted by molar-refractivity contribution is 0.262. The molecule has 0 spiro atoms. The monoisotopic (exact) mass is 461 g/mol. The molecule has 0 radical (unpaired) electrons. The van der Waals surface area contributed by atoms with Gasteiger partial charge in [0.05, 0.1) is 26.7 Å². The van der Waals surface area contributed by atoms with Crippen LogP contribution >= 0.6 is 23.2 Å². The molecule has 1 aliphatic rings. The first kappa shape index (κ1) is 21.6. The molecule has 2 amide bonds. The fraction of sp³-hybridized carbons (Fsp3) is 0.278. The predicted molar refractivity (Wildman–Crippen MR) is 110 cm³/mol. The number of aromatic hydroxyl groups is 1. The van der Waals surface area contributed by atoms with Gasteiger partial charge < -0.3 is 21.1 Å². The van der Waals surface area contributed by atoms with E-state index >= 15 is 0 Å². The van der Waals surface area contributed by atoms with Crippen molar-refractivity contribution in [3.05, 3.63) is 46.2 Å². The number of benzene rings is 2. The lowest BCUT2D eigenvalue weighted by Gasteiger charge is -2.24. The van der Waals surface area contributed by atoms with Crippen LogP contribution in [0.15, 0.2) is 35.2 Å². The van der Waals surface area contributed by atoms with Crippen molar-refractivity contribution in [1.82, 2.24) is 5.32 Å². The Hall–Kier alpha value is -2.07. The first-order valence-corrected chi connectivity index (χ1v) is 11.0. The van der Waals surface area contributed by atoms with Gasteiger partial charge in [-0.05, 0) is 43.7 Å². The van der Waals surface area contributed by atoms with Crippen LogP contribution in [0.2, 0.25) is 10.0 Å². The number of carbonyl (C=O) groups is 1. The molecule has 7 nitrogen and oxygen atoms in total. The molecule has 0 aromatic heterocycles. The molecule has 3 rings (SSSR count). The van der Waals surface area contributed by atoms with Gasteiger partial charge in [-0.3, -0.25) is 0 Å². The van der Waals surface area contributed by atoms with Crippen LogP contribution in [0.3, 0.4) is 0 Å². The quantitative estimate of drug-likeness (QED) is 0.514. The second-order valence-corrected chi connectivity index (χ2v) is 9.42. The van der Waals surface area contributed by atoms with Crippen molar-refractivity contribution >= 4 is 50.4 Å². The molecule has 0 unspecified atom stereocenters. The summed E-state index contributed by atoms with van der Waals surface area (Å²) in [5.41, 5.74) is -0.152. The Labute approximate surface area is 177 Å². The van der Waals surface area contributed by atoms with Gasteiger partial charge in [-0.15, -0.1) is 0 Å². The zero-order chi connectivity index (χ0) is 21.2. The van der Waals surface area contributed by atoms with Crippen molar-refractivity contribution in [3.63, 3.8) is 0 Å². The normalized spacial score (nSPS) is 17.0. The lowest BCUT2D eigenvalue weighted by Crippen LogP contribution is -2.38. The summed E-state index contributed by atoms with van der Waals surface area (Å²) in [6, 6.07) is 5.57. The van der Waals surface area contributed by atoms with Crippen LogP contribution in [-0.2, 0) is 9.84 Å². The Balaban J connectivity index is 1.87. The zero-order valence-corrected chi connectivity index (χ0v) is 17.3. The van der Waals surface area contributed by atoms with Crippen LogP contribution in [-0.4, -0.2) is 37.9 Å². The van der Waals surface area contributed by atoms with Gasteiger partial charge in [0.1, 0.15) is 10.7 Å². The molecule has 1 aliphatic heterocycles. The molecule has 11 heteroatoms. The molecule has 0 saturated carbocycles. The third-order valence-electron chi connectivity index (χ3n) is 4.51. The molecule has 1 atom stereocenters. The molecular formula is C18H18Cl2FN3O4S. The summed E-state index contributed by atoms with van der Waals surface area (Å²) in [5.74, 6) is -1.38. The number of sulfone groups is 1. The third-order valence-corrected chi connectivity index (χ3v) is 7.58.